The zero-order valence-electron chi connectivity index (χ0n) is 17.7. The van der Waals surface area contributed by atoms with E-state index < -0.39 is 0 Å². The maximum Gasteiger partial charge on any atom is 0.140 e. The van der Waals surface area contributed by atoms with Crippen LogP contribution in [0.15, 0.2) is 28.8 Å². The number of aryl methyl sites for hydroxylation is 2. The molecule has 158 valence electrons. The number of aromatic nitrogens is 1. The minimum absolute atomic E-state index is 0.496. The molecular formula is C23H33N3O3. The molecule has 2 aromatic rings. The Morgan fingerprint density at radius 2 is 1.86 bits per heavy atom. The zero-order valence-corrected chi connectivity index (χ0v) is 17.7. The molecule has 1 aromatic heterocycles. The van der Waals surface area contributed by atoms with E-state index in [1.54, 1.807) is 0 Å². The summed E-state index contributed by atoms with van der Waals surface area (Å²) in [6.07, 6.45) is 2.65. The second kappa shape index (κ2) is 9.74. The molecule has 2 saturated heterocycles. The van der Waals surface area contributed by atoms with Crippen molar-refractivity contribution in [3.05, 3.63) is 46.8 Å². The van der Waals surface area contributed by atoms with Gasteiger partial charge in [0, 0.05) is 32.7 Å². The first-order valence-electron chi connectivity index (χ1n) is 10.8. The van der Waals surface area contributed by atoms with Crippen molar-refractivity contribution in [3.63, 3.8) is 0 Å². The summed E-state index contributed by atoms with van der Waals surface area (Å²) in [6.45, 7) is 13.0. The van der Waals surface area contributed by atoms with Crippen LogP contribution in [-0.2, 0) is 17.9 Å². The largest absolute Gasteiger partial charge is 0.489 e. The smallest absolute Gasteiger partial charge is 0.140 e. The van der Waals surface area contributed by atoms with Crippen molar-refractivity contribution in [1.82, 2.24) is 15.0 Å². The molecule has 2 fully saturated rings. The standard InChI is InChI=1S/C23H33N3O3/c1-18-23(19(2)29-24-18)17-28-22-7-5-20(6-8-22)14-26-9-3-4-21(16-26)15-25-10-12-27-13-11-25/h5-8,21H,3-4,9-17H2,1-2H3/t21-/m1/s1. The molecule has 0 aliphatic carbocycles. The zero-order chi connectivity index (χ0) is 20.1. The van der Waals surface area contributed by atoms with E-state index in [-0.39, 0.29) is 0 Å². The van der Waals surface area contributed by atoms with Crippen molar-refractivity contribution >= 4 is 0 Å². The highest BCUT2D eigenvalue weighted by atomic mass is 16.5. The van der Waals surface area contributed by atoms with Crippen molar-refractivity contribution in [2.45, 2.75) is 39.8 Å². The van der Waals surface area contributed by atoms with Crippen LogP contribution in [0.5, 0.6) is 5.75 Å². The number of rotatable bonds is 7. The van der Waals surface area contributed by atoms with Crippen molar-refractivity contribution in [3.8, 4) is 5.75 Å². The number of ether oxygens (including phenoxy) is 2. The van der Waals surface area contributed by atoms with Crippen LogP contribution in [0.25, 0.3) is 0 Å². The summed E-state index contributed by atoms with van der Waals surface area (Å²) in [6, 6.07) is 8.52. The summed E-state index contributed by atoms with van der Waals surface area (Å²) in [7, 11) is 0. The molecule has 3 heterocycles. The van der Waals surface area contributed by atoms with Crippen LogP contribution < -0.4 is 4.74 Å². The van der Waals surface area contributed by atoms with Gasteiger partial charge in [-0.15, -0.1) is 0 Å². The van der Waals surface area contributed by atoms with Crippen LogP contribution in [0.4, 0.5) is 0 Å². The lowest BCUT2D eigenvalue weighted by molar-refractivity contribution is 0.0224. The van der Waals surface area contributed by atoms with Gasteiger partial charge in [-0.25, -0.2) is 0 Å². The molecule has 2 aliphatic heterocycles. The third-order valence-electron chi connectivity index (χ3n) is 6.12. The van der Waals surface area contributed by atoms with E-state index >= 15 is 0 Å². The Hall–Kier alpha value is -1.89. The number of likely N-dealkylation sites (tertiary alicyclic amines) is 1. The number of nitrogens with zero attached hydrogens (tertiary/aromatic N) is 3. The fraction of sp³-hybridized carbons (Fsp3) is 0.609. The van der Waals surface area contributed by atoms with Gasteiger partial charge in [0.1, 0.15) is 18.1 Å². The van der Waals surface area contributed by atoms with Crippen LogP contribution in [-0.4, -0.2) is 60.9 Å². The van der Waals surface area contributed by atoms with E-state index in [1.165, 1.54) is 38.0 Å². The molecule has 2 aliphatic rings. The molecule has 0 unspecified atom stereocenters. The quantitative estimate of drug-likeness (QED) is 0.711. The minimum Gasteiger partial charge on any atom is -0.489 e. The van der Waals surface area contributed by atoms with Gasteiger partial charge in [0.2, 0.25) is 0 Å². The van der Waals surface area contributed by atoms with Crippen LogP contribution >= 0.6 is 0 Å². The number of benzene rings is 1. The molecule has 29 heavy (non-hydrogen) atoms. The number of hydrogen-bond acceptors (Lipinski definition) is 6. The van der Waals surface area contributed by atoms with Crippen LogP contribution in [0, 0.1) is 19.8 Å². The molecule has 6 heteroatoms. The van der Waals surface area contributed by atoms with Crippen molar-refractivity contribution in [2.24, 2.45) is 5.92 Å². The molecule has 0 spiro atoms. The predicted octanol–water partition coefficient (Wildman–Crippen LogP) is 3.41. The molecular weight excluding hydrogens is 366 g/mol. The molecule has 6 nitrogen and oxygen atoms in total. The van der Waals surface area contributed by atoms with Crippen LogP contribution in [0.1, 0.15) is 35.4 Å². The predicted molar refractivity (Wildman–Crippen MR) is 112 cm³/mol. The van der Waals surface area contributed by atoms with E-state index in [1.807, 2.05) is 13.8 Å². The Balaban J connectivity index is 1.25. The fourth-order valence-electron chi connectivity index (χ4n) is 4.41. The molecule has 1 atom stereocenters. The highest BCUT2D eigenvalue weighted by Gasteiger charge is 2.23. The molecule has 0 amide bonds. The molecule has 4 rings (SSSR count). The van der Waals surface area contributed by atoms with Gasteiger partial charge in [-0.3, -0.25) is 9.80 Å². The Morgan fingerprint density at radius 1 is 1.07 bits per heavy atom. The van der Waals surface area contributed by atoms with E-state index in [4.69, 9.17) is 14.0 Å². The van der Waals surface area contributed by atoms with Crippen LogP contribution in [0.2, 0.25) is 0 Å². The number of morpholine rings is 1. The molecule has 0 N–H and O–H groups in total. The van der Waals surface area contributed by atoms with Gasteiger partial charge in [-0.2, -0.15) is 0 Å². The number of piperidine rings is 1. The van der Waals surface area contributed by atoms with Gasteiger partial charge in [0.25, 0.3) is 0 Å². The van der Waals surface area contributed by atoms with Crippen molar-refractivity contribution < 1.29 is 14.0 Å². The van der Waals surface area contributed by atoms with Crippen LogP contribution in [0.3, 0.4) is 0 Å². The van der Waals surface area contributed by atoms with Gasteiger partial charge >= 0.3 is 0 Å². The number of hydrogen-bond donors (Lipinski definition) is 0. The Bertz CT molecular complexity index is 749. The summed E-state index contributed by atoms with van der Waals surface area (Å²) in [5.74, 6) is 2.49. The molecule has 0 radical (unpaired) electrons. The topological polar surface area (TPSA) is 51.0 Å². The lowest BCUT2D eigenvalue weighted by Crippen LogP contribution is -2.44. The average Bonchev–Trinajstić information content (AvgIpc) is 3.06. The second-order valence-corrected chi connectivity index (χ2v) is 8.39. The highest BCUT2D eigenvalue weighted by molar-refractivity contribution is 5.28. The first-order chi connectivity index (χ1) is 14.2. The lowest BCUT2D eigenvalue weighted by atomic mass is 9.96. The van der Waals surface area contributed by atoms with E-state index in [9.17, 15) is 0 Å². The highest BCUT2D eigenvalue weighted by Crippen LogP contribution is 2.22. The Labute approximate surface area is 173 Å². The third kappa shape index (κ3) is 5.59. The summed E-state index contributed by atoms with van der Waals surface area (Å²) in [5.41, 5.74) is 3.28. The molecule has 1 aromatic carbocycles. The SMILES string of the molecule is Cc1noc(C)c1COc1ccc(CN2CCC[C@H](CN3CCOCC3)C2)cc1. The first-order valence-corrected chi connectivity index (χ1v) is 10.8. The van der Waals surface area contributed by atoms with E-state index in [2.05, 4.69) is 39.2 Å². The maximum absolute atomic E-state index is 5.93. The van der Waals surface area contributed by atoms with Crippen molar-refractivity contribution in [1.29, 1.82) is 0 Å². The van der Waals surface area contributed by atoms with Crippen molar-refractivity contribution in [2.75, 3.05) is 45.9 Å². The lowest BCUT2D eigenvalue weighted by Gasteiger charge is -2.36. The Kier molecular flexibility index (Phi) is 6.85. The Morgan fingerprint density at radius 3 is 2.59 bits per heavy atom. The van der Waals surface area contributed by atoms with Gasteiger partial charge in [0.05, 0.1) is 24.5 Å². The van der Waals surface area contributed by atoms with Gasteiger partial charge in [-0.1, -0.05) is 17.3 Å². The summed E-state index contributed by atoms with van der Waals surface area (Å²) < 4.78 is 16.6. The maximum atomic E-state index is 5.93. The van der Waals surface area contributed by atoms with Gasteiger partial charge in [0.15, 0.2) is 0 Å². The van der Waals surface area contributed by atoms with Gasteiger partial charge < -0.3 is 14.0 Å². The van der Waals surface area contributed by atoms with Gasteiger partial charge in [-0.05, 0) is 56.8 Å². The monoisotopic (exact) mass is 399 g/mol. The first kappa shape index (κ1) is 20.4. The van der Waals surface area contributed by atoms with E-state index in [0.29, 0.717) is 6.61 Å². The summed E-state index contributed by atoms with van der Waals surface area (Å²) >= 11 is 0. The second-order valence-electron chi connectivity index (χ2n) is 8.39. The molecule has 0 saturated carbocycles. The molecule has 0 bridgehead atoms. The third-order valence-corrected chi connectivity index (χ3v) is 6.12. The summed E-state index contributed by atoms with van der Waals surface area (Å²) in [4.78, 5) is 5.18. The van der Waals surface area contributed by atoms with E-state index in [0.717, 1.165) is 61.5 Å². The summed E-state index contributed by atoms with van der Waals surface area (Å²) in [5, 5.41) is 3.98. The fourth-order valence-corrected chi connectivity index (χ4v) is 4.41. The average molecular weight is 400 g/mol. The normalized spacial score (nSPS) is 21.4. The minimum atomic E-state index is 0.496.